The highest BCUT2D eigenvalue weighted by molar-refractivity contribution is 5.61. The molecule has 1 aliphatic carbocycles. The lowest BCUT2D eigenvalue weighted by atomic mass is 9.77. The minimum Gasteiger partial charge on any atom is -0.243 e. The predicted molar refractivity (Wildman–Crippen MR) is 81.2 cm³/mol. The summed E-state index contributed by atoms with van der Waals surface area (Å²) in [5.74, 6) is -1.05. The van der Waals surface area contributed by atoms with E-state index in [0.717, 1.165) is 5.92 Å². The molecule has 0 radical (unpaired) electrons. The van der Waals surface area contributed by atoms with E-state index in [9.17, 15) is 13.2 Å². The number of alkyl halides is 1. The molecule has 3 heteroatoms. The van der Waals surface area contributed by atoms with Gasteiger partial charge in [-0.2, -0.15) is 0 Å². The van der Waals surface area contributed by atoms with E-state index in [1.807, 2.05) is 12.1 Å². The van der Waals surface area contributed by atoms with E-state index in [-0.39, 0.29) is 5.56 Å². The Bertz CT molecular complexity index is 468. The standard InChI is InChI=1S/C18H23F3/c1-2-3-13-4-6-14(7-5-13)15-8-10-16(11-9-15)18(21)17(20)12-19/h8-11,13-14H,2-7,12H2,1H3/b18-17+. The zero-order valence-corrected chi connectivity index (χ0v) is 12.5. The van der Waals surface area contributed by atoms with Gasteiger partial charge in [0.25, 0.3) is 0 Å². The van der Waals surface area contributed by atoms with E-state index in [4.69, 9.17) is 0 Å². The molecule has 21 heavy (non-hydrogen) atoms. The first-order valence-corrected chi connectivity index (χ1v) is 7.86. The minimum absolute atomic E-state index is 0.119. The Morgan fingerprint density at radius 3 is 2.19 bits per heavy atom. The fourth-order valence-corrected chi connectivity index (χ4v) is 3.31. The van der Waals surface area contributed by atoms with Crippen molar-refractivity contribution in [3.63, 3.8) is 0 Å². The second kappa shape index (κ2) is 7.67. The zero-order chi connectivity index (χ0) is 15.2. The molecule has 1 saturated carbocycles. The van der Waals surface area contributed by atoms with Crippen molar-refractivity contribution >= 4 is 5.83 Å². The average molecular weight is 296 g/mol. The number of halogens is 3. The molecule has 0 nitrogen and oxygen atoms in total. The first kappa shape index (κ1) is 16.1. The van der Waals surface area contributed by atoms with E-state index in [1.54, 1.807) is 12.1 Å². The molecule has 0 unspecified atom stereocenters. The van der Waals surface area contributed by atoms with Gasteiger partial charge in [-0.05, 0) is 43.1 Å². The van der Waals surface area contributed by atoms with Crippen molar-refractivity contribution in [1.29, 1.82) is 0 Å². The lowest BCUT2D eigenvalue weighted by Gasteiger charge is -2.28. The van der Waals surface area contributed by atoms with Crippen LogP contribution in [0.25, 0.3) is 5.83 Å². The summed E-state index contributed by atoms with van der Waals surface area (Å²) in [6.07, 6.45) is 7.40. The summed E-state index contributed by atoms with van der Waals surface area (Å²) in [7, 11) is 0. The summed E-state index contributed by atoms with van der Waals surface area (Å²) >= 11 is 0. The summed E-state index contributed by atoms with van der Waals surface area (Å²) in [5, 5.41) is 0. The molecule has 1 aliphatic rings. The van der Waals surface area contributed by atoms with Crippen molar-refractivity contribution in [2.75, 3.05) is 6.67 Å². The molecular formula is C18H23F3. The van der Waals surface area contributed by atoms with Crippen LogP contribution in [0.5, 0.6) is 0 Å². The molecule has 0 heterocycles. The van der Waals surface area contributed by atoms with Gasteiger partial charge in [0.05, 0.1) is 0 Å². The highest BCUT2D eigenvalue weighted by atomic mass is 19.2. The summed E-state index contributed by atoms with van der Waals surface area (Å²) in [6.45, 7) is 0.832. The summed E-state index contributed by atoms with van der Waals surface area (Å²) in [4.78, 5) is 0. The molecule has 0 aromatic heterocycles. The SMILES string of the molecule is CCCC1CCC(c2ccc(/C(F)=C(\F)CF)cc2)CC1. The Morgan fingerprint density at radius 1 is 1.05 bits per heavy atom. The lowest BCUT2D eigenvalue weighted by molar-refractivity contribution is 0.308. The Labute approximate surface area is 125 Å². The van der Waals surface area contributed by atoms with E-state index in [2.05, 4.69) is 6.92 Å². The molecule has 1 fully saturated rings. The monoisotopic (exact) mass is 296 g/mol. The third kappa shape index (κ3) is 4.12. The third-order valence-corrected chi connectivity index (χ3v) is 4.53. The van der Waals surface area contributed by atoms with Crippen LogP contribution in [0.4, 0.5) is 13.2 Å². The maximum atomic E-state index is 13.5. The Kier molecular flexibility index (Phi) is 5.89. The van der Waals surface area contributed by atoms with Gasteiger partial charge in [0.1, 0.15) is 6.67 Å². The van der Waals surface area contributed by atoms with Gasteiger partial charge in [0.2, 0.25) is 0 Å². The van der Waals surface area contributed by atoms with E-state index >= 15 is 0 Å². The molecule has 1 aromatic carbocycles. The maximum Gasteiger partial charge on any atom is 0.167 e. The van der Waals surface area contributed by atoms with Crippen LogP contribution in [0.2, 0.25) is 0 Å². The predicted octanol–water partition coefficient (Wildman–Crippen LogP) is 6.34. The second-order valence-electron chi connectivity index (χ2n) is 5.98. The number of rotatable bonds is 5. The van der Waals surface area contributed by atoms with Crippen molar-refractivity contribution in [3.05, 3.63) is 41.2 Å². The molecule has 0 bridgehead atoms. The molecule has 1 aromatic rings. The summed E-state index contributed by atoms with van der Waals surface area (Å²) in [6, 6.07) is 6.81. The number of allylic oxidation sites excluding steroid dienone is 1. The second-order valence-corrected chi connectivity index (χ2v) is 5.98. The third-order valence-electron chi connectivity index (χ3n) is 4.53. The van der Waals surface area contributed by atoms with Gasteiger partial charge in [-0.15, -0.1) is 0 Å². The average Bonchev–Trinajstić information content (AvgIpc) is 2.54. The quantitative estimate of drug-likeness (QED) is 0.595. The number of benzene rings is 1. The Balaban J connectivity index is 2.00. The molecule has 0 atom stereocenters. The highest BCUT2D eigenvalue weighted by Crippen LogP contribution is 2.37. The lowest BCUT2D eigenvalue weighted by Crippen LogP contribution is -2.13. The molecule has 0 N–H and O–H groups in total. The summed E-state index contributed by atoms with van der Waals surface area (Å²) in [5.41, 5.74) is 1.30. The fourth-order valence-electron chi connectivity index (χ4n) is 3.31. The van der Waals surface area contributed by atoms with E-state index < -0.39 is 18.3 Å². The van der Waals surface area contributed by atoms with Crippen LogP contribution < -0.4 is 0 Å². The van der Waals surface area contributed by atoms with Crippen molar-refractivity contribution in [1.82, 2.24) is 0 Å². The van der Waals surface area contributed by atoms with Gasteiger partial charge in [-0.1, -0.05) is 44.0 Å². The fraction of sp³-hybridized carbons (Fsp3) is 0.556. The van der Waals surface area contributed by atoms with E-state index in [0.29, 0.717) is 5.92 Å². The van der Waals surface area contributed by atoms with E-state index in [1.165, 1.54) is 44.1 Å². The molecule has 2 rings (SSSR count). The normalized spacial score (nSPS) is 23.8. The van der Waals surface area contributed by atoms with Crippen LogP contribution in [0, 0.1) is 5.92 Å². The Hall–Kier alpha value is -1.25. The molecular weight excluding hydrogens is 273 g/mol. The molecule has 0 amide bonds. The van der Waals surface area contributed by atoms with Crippen molar-refractivity contribution < 1.29 is 13.2 Å². The van der Waals surface area contributed by atoms with Crippen molar-refractivity contribution in [3.8, 4) is 0 Å². The highest BCUT2D eigenvalue weighted by Gasteiger charge is 2.21. The smallest absolute Gasteiger partial charge is 0.167 e. The van der Waals surface area contributed by atoms with Gasteiger partial charge >= 0.3 is 0 Å². The van der Waals surface area contributed by atoms with Gasteiger partial charge < -0.3 is 0 Å². The first-order valence-electron chi connectivity index (χ1n) is 7.86. The zero-order valence-electron chi connectivity index (χ0n) is 12.5. The minimum atomic E-state index is -1.39. The molecule has 0 aliphatic heterocycles. The largest absolute Gasteiger partial charge is 0.243 e. The van der Waals surface area contributed by atoms with Crippen LogP contribution in [0.1, 0.15) is 62.5 Å². The summed E-state index contributed by atoms with van der Waals surface area (Å²) < 4.78 is 38.5. The Morgan fingerprint density at radius 2 is 1.67 bits per heavy atom. The van der Waals surface area contributed by atoms with Gasteiger partial charge in [-0.3, -0.25) is 0 Å². The molecule has 0 spiro atoms. The van der Waals surface area contributed by atoms with Crippen molar-refractivity contribution in [2.24, 2.45) is 5.92 Å². The van der Waals surface area contributed by atoms with Gasteiger partial charge in [-0.25, -0.2) is 13.2 Å². The van der Waals surface area contributed by atoms with Gasteiger partial charge in [0.15, 0.2) is 11.7 Å². The van der Waals surface area contributed by atoms with Gasteiger partial charge in [0, 0.05) is 5.56 Å². The number of hydrogen-bond acceptors (Lipinski definition) is 0. The first-order chi connectivity index (χ1) is 10.2. The topological polar surface area (TPSA) is 0 Å². The van der Waals surface area contributed by atoms with Crippen LogP contribution in [0.15, 0.2) is 30.1 Å². The van der Waals surface area contributed by atoms with Crippen LogP contribution in [0.3, 0.4) is 0 Å². The number of hydrogen-bond donors (Lipinski definition) is 0. The molecule has 0 saturated heterocycles. The van der Waals surface area contributed by atoms with Crippen LogP contribution >= 0.6 is 0 Å². The molecule has 116 valence electrons. The maximum absolute atomic E-state index is 13.5. The van der Waals surface area contributed by atoms with Crippen molar-refractivity contribution in [2.45, 2.75) is 51.4 Å². The van der Waals surface area contributed by atoms with Crippen LogP contribution in [-0.2, 0) is 0 Å². The van der Waals surface area contributed by atoms with Crippen LogP contribution in [-0.4, -0.2) is 6.67 Å².